The van der Waals surface area contributed by atoms with Crippen LogP contribution in [0.15, 0.2) is 23.8 Å². The lowest BCUT2D eigenvalue weighted by atomic mass is 9.61. The Morgan fingerprint density at radius 3 is 2.61 bits per heavy atom. The zero-order chi connectivity index (χ0) is 16.7. The van der Waals surface area contributed by atoms with E-state index in [0.29, 0.717) is 5.41 Å². The molecule has 0 spiro atoms. The average Bonchev–Trinajstić information content (AvgIpc) is 3.05. The summed E-state index contributed by atoms with van der Waals surface area (Å²) in [6.07, 6.45) is 16.9. The summed E-state index contributed by atoms with van der Waals surface area (Å²) in [7, 11) is 0. The normalized spacial score (nSPS) is 44.9. The van der Waals surface area contributed by atoms with E-state index in [2.05, 4.69) is 39.8 Å². The van der Waals surface area contributed by atoms with E-state index in [9.17, 15) is 4.79 Å². The summed E-state index contributed by atoms with van der Waals surface area (Å²) in [6, 6.07) is 0. The molecule has 0 amide bonds. The molecule has 0 radical (unpaired) electrons. The summed E-state index contributed by atoms with van der Waals surface area (Å²) < 4.78 is 0. The molecule has 3 fully saturated rings. The third kappa shape index (κ3) is 2.96. The van der Waals surface area contributed by atoms with Gasteiger partial charge >= 0.3 is 0 Å². The molecule has 5 atom stereocenters. The molecule has 1 heteroatoms. The average molecular weight is 315 g/mol. The molecule has 0 heterocycles. The summed E-state index contributed by atoms with van der Waals surface area (Å²) in [5, 5.41) is 0. The number of carbonyl (C=O) groups excluding carboxylic acids is 1. The zero-order valence-corrected chi connectivity index (χ0v) is 15.5. The SMILES string of the molecule is C/C=C\C1(C)CC(C2CCC3CC32CC(C)C)CC/C1=C/C=O. The monoisotopic (exact) mass is 314 g/mol. The van der Waals surface area contributed by atoms with Gasteiger partial charge in [-0.3, -0.25) is 4.79 Å². The number of carbonyl (C=O) groups is 1. The molecule has 3 saturated carbocycles. The molecule has 1 nitrogen and oxygen atoms in total. The summed E-state index contributed by atoms with van der Waals surface area (Å²) in [4.78, 5) is 11.0. The molecule has 128 valence electrons. The number of rotatable bonds is 5. The molecule has 0 aliphatic heterocycles. The maximum Gasteiger partial charge on any atom is 0.142 e. The molecule has 5 unspecified atom stereocenters. The van der Waals surface area contributed by atoms with Gasteiger partial charge in [-0.2, -0.15) is 0 Å². The predicted octanol–water partition coefficient (Wildman–Crippen LogP) is 5.96. The molecule has 23 heavy (non-hydrogen) atoms. The lowest BCUT2D eigenvalue weighted by molar-refractivity contribution is -0.104. The van der Waals surface area contributed by atoms with Crippen LogP contribution in [0, 0.1) is 34.5 Å². The Hall–Kier alpha value is -0.850. The van der Waals surface area contributed by atoms with Crippen LogP contribution in [0.2, 0.25) is 0 Å². The quantitative estimate of drug-likeness (QED) is 0.348. The molecule has 3 rings (SSSR count). The minimum Gasteiger partial charge on any atom is -0.299 e. The van der Waals surface area contributed by atoms with E-state index < -0.39 is 0 Å². The number of hydrogen-bond donors (Lipinski definition) is 0. The van der Waals surface area contributed by atoms with E-state index in [1.54, 1.807) is 0 Å². The molecule has 0 N–H and O–H groups in total. The first-order valence-electron chi connectivity index (χ1n) is 9.74. The number of fused-ring (bicyclic) bond motifs is 1. The number of aldehydes is 1. The highest BCUT2D eigenvalue weighted by Gasteiger charge is 2.63. The Kier molecular flexibility index (Phi) is 4.60. The molecule has 0 saturated heterocycles. The number of allylic oxidation sites excluding steroid dienone is 4. The second-order valence-corrected chi connectivity index (χ2v) is 9.16. The maximum absolute atomic E-state index is 11.0. The second kappa shape index (κ2) is 6.22. The summed E-state index contributed by atoms with van der Waals surface area (Å²) >= 11 is 0. The molecule has 0 aromatic rings. The van der Waals surface area contributed by atoms with Gasteiger partial charge in [-0.1, -0.05) is 38.5 Å². The van der Waals surface area contributed by atoms with Crippen molar-refractivity contribution >= 4 is 6.29 Å². The fourth-order valence-corrected chi connectivity index (χ4v) is 6.42. The molecule has 3 aliphatic rings. The van der Waals surface area contributed by atoms with E-state index in [1.165, 1.54) is 44.1 Å². The largest absolute Gasteiger partial charge is 0.299 e. The number of hydrogen-bond acceptors (Lipinski definition) is 1. The maximum atomic E-state index is 11.0. The van der Waals surface area contributed by atoms with Crippen molar-refractivity contribution in [2.45, 2.75) is 72.6 Å². The fraction of sp³-hybridized carbons (Fsp3) is 0.773. The van der Waals surface area contributed by atoms with Crippen molar-refractivity contribution in [1.29, 1.82) is 0 Å². The van der Waals surface area contributed by atoms with Crippen molar-refractivity contribution in [2.24, 2.45) is 34.5 Å². The van der Waals surface area contributed by atoms with E-state index in [0.717, 1.165) is 36.4 Å². The Bertz CT molecular complexity index is 514. The van der Waals surface area contributed by atoms with E-state index in [4.69, 9.17) is 0 Å². The van der Waals surface area contributed by atoms with Crippen molar-refractivity contribution < 1.29 is 4.79 Å². The van der Waals surface area contributed by atoms with Crippen LogP contribution >= 0.6 is 0 Å². The molecular formula is C22H34O. The first kappa shape index (κ1) is 17.0. The third-order valence-electron chi connectivity index (χ3n) is 7.21. The van der Waals surface area contributed by atoms with Crippen LogP contribution in [0.5, 0.6) is 0 Å². The van der Waals surface area contributed by atoms with E-state index in [1.807, 2.05) is 6.08 Å². The van der Waals surface area contributed by atoms with Crippen molar-refractivity contribution in [2.75, 3.05) is 0 Å². The summed E-state index contributed by atoms with van der Waals surface area (Å²) in [5.74, 6) is 3.66. The van der Waals surface area contributed by atoms with Gasteiger partial charge in [0.25, 0.3) is 0 Å². The van der Waals surface area contributed by atoms with Gasteiger partial charge in [0.05, 0.1) is 0 Å². The van der Waals surface area contributed by atoms with Crippen LogP contribution in [-0.4, -0.2) is 6.29 Å². The minimum absolute atomic E-state index is 0.102. The Morgan fingerprint density at radius 2 is 2.00 bits per heavy atom. The van der Waals surface area contributed by atoms with Gasteiger partial charge in [-0.15, -0.1) is 0 Å². The lowest BCUT2D eigenvalue weighted by Crippen LogP contribution is -2.34. The van der Waals surface area contributed by atoms with Gasteiger partial charge in [0.1, 0.15) is 6.29 Å². The highest BCUT2D eigenvalue weighted by atomic mass is 16.1. The van der Waals surface area contributed by atoms with Crippen LogP contribution in [0.1, 0.15) is 72.6 Å². The molecular weight excluding hydrogens is 280 g/mol. The van der Waals surface area contributed by atoms with Crippen LogP contribution in [0.25, 0.3) is 0 Å². The van der Waals surface area contributed by atoms with Crippen LogP contribution in [-0.2, 0) is 4.79 Å². The van der Waals surface area contributed by atoms with Gasteiger partial charge < -0.3 is 0 Å². The Labute approximate surface area is 142 Å². The molecule has 0 aromatic carbocycles. The van der Waals surface area contributed by atoms with Gasteiger partial charge in [0.2, 0.25) is 0 Å². The van der Waals surface area contributed by atoms with Crippen molar-refractivity contribution in [1.82, 2.24) is 0 Å². The van der Waals surface area contributed by atoms with Crippen LogP contribution in [0.4, 0.5) is 0 Å². The smallest absolute Gasteiger partial charge is 0.142 e. The molecule has 0 bridgehead atoms. The standard InChI is InChI=1S/C22H34O/c1-5-11-21(4)14-17(6-7-18(21)10-12-23)20-9-8-19-15-22(19,20)13-16(2)3/h5,10-12,16-17,19-20H,6-9,13-15H2,1-4H3/b11-5-,18-10-. The van der Waals surface area contributed by atoms with Crippen molar-refractivity contribution in [3.8, 4) is 0 Å². The Balaban J connectivity index is 1.80. The predicted molar refractivity (Wildman–Crippen MR) is 97.1 cm³/mol. The highest BCUT2D eigenvalue weighted by molar-refractivity contribution is 5.67. The lowest BCUT2D eigenvalue weighted by Gasteiger charge is -2.43. The fourth-order valence-electron chi connectivity index (χ4n) is 6.42. The first-order valence-corrected chi connectivity index (χ1v) is 9.74. The van der Waals surface area contributed by atoms with Crippen LogP contribution < -0.4 is 0 Å². The summed E-state index contributed by atoms with van der Waals surface area (Å²) in [5.41, 5.74) is 2.15. The van der Waals surface area contributed by atoms with Gasteiger partial charge in [-0.25, -0.2) is 0 Å². The van der Waals surface area contributed by atoms with Crippen LogP contribution in [0.3, 0.4) is 0 Å². The first-order chi connectivity index (χ1) is 10.9. The summed E-state index contributed by atoms with van der Waals surface area (Å²) in [6.45, 7) is 9.26. The zero-order valence-electron chi connectivity index (χ0n) is 15.5. The molecule has 3 aliphatic carbocycles. The Morgan fingerprint density at radius 1 is 1.22 bits per heavy atom. The van der Waals surface area contributed by atoms with Crippen molar-refractivity contribution in [3.63, 3.8) is 0 Å². The van der Waals surface area contributed by atoms with Crippen molar-refractivity contribution in [3.05, 3.63) is 23.8 Å². The second-order valence-electron chi connectivity index (χ2n) is 9.16. The third-order valence-corrected chi connectivity index (χ3v) is 7.21. The van der Waals surface area contributed by atoms with E-state index >= 15 is 0 Å². The van der Waals surface area contributed by atoms with Gasteiger partial charge in [0, 0.05) is 5.41 Å². The molecule has 0 aromatic heterocycles. The van der Waals surface area contributed by atoms with Gasteiger partial charge in [-0.05, 0) is 87.0 Å². The minimum atomic E-state index is 0.102. The van der Waals surface area contributed by atoms with E-state index in [-0.39, 0.29) is 5.41 Å². The highest BCUT2D eigenvalue weighted by Crippen LogP contribution is 2.72. The van der Waals surface area contributed by atoms with Gasteiger partial charge in [0.15, 0.2) is 0 Å². The topological polar surface area (TPSA) is 17.1 Å².